The lowest BCUT2D eigenvalue weighted by Crippen LogP contribution is -2.54. The number of fused-ring (bicyclic) bond motifs is 4. The summed E-state index contributed by atoms with van der Waals surface area (Å²) in [5.74, 6) is 0.485. The number of hydrogen-bond donors (Lipinski definition) is 0. The highest BCUT2D eigenvalue weighted by Gasteiger charge is 2.51. The topological polar surface area (TPSA) is 174 Å². The highest BCUT2D eigenvalue weighted by Crippen LogP contribution is 2.46. The first-order valence-corrected chi connectivity index (χ1v) is 26.8. The van der Waals surface area contributed by atoms with Crippen LogP contribution >= 0.6 is 22.6 Å². The van der Waals surface area contributed by atoms with Crippen molar-refractivity contribution in [1.82, 2.24) is 9.80 Å². The van der Waals surface area contributed by atoms with Crippen LogP contribution in [0.1, 0.15) is 125 Å². The monoisotopic (exact) mass is 1150 g/mol. The maximum Gasteiger partial charge on any atom is 0.417 e. The summed E-state index contributed by atoms with van der Waals surface area (Å²) >= 11 is 2.23. The SMILES string of the molecule is C=C1C[C@H]2C(OC3CCCCO3)N(C(=O)OC(C)(C)C)c3cc(OCc4cc(I)cc(COc5cc6c(cc5OC)C(=O)N5CC(=C)C[C@H]5[C@H](OC5CCCCO5)N6C(=O)OC(C)(C)C)c4)c(OC)cc3C(=O)N2C1. The minimum Gasteiger partial charge on any atom is -0.493 e. The van der Waals surface area contributed by atoms with Crippen LogP contribution in [0.2, 0.25) is 0 Å². The maximum absolute atomic E-state index is 14.6. The van der Waals surface area contributed by atoms with E-state index in [1.165, 1.54) is 24.0 Å². The number of benzene rings is 3. The van der Waals surface area contributed by atoms with Crippen molar-refractivity contribution in [2.75, 3.05) is 50.3 Å². The highest BCUT2D eigenvalue weighted by molar-refractivity contribution is 14.1. The standard InChI is InChI=1S/C56H69IN4O14/c1-32-19-41-51(72-47-15-11-13-17-68-47)60(53(64)74-55(3,4)5)39-26-45(43(66-9)24-37(39)49(62)58(41)28-32)70-30-34-21-35(23-36(57)22-34)31-71-46-27-40-38(25-44(46)67-10)50(63)59-29-33(2)20-42(59)52(73-48-16-12-14-18-69-48)61(40)54(65)75-56(6,7)8/h21-27,41-42,47-48,51-52H,1-2,11-20,28-31H2,3-10H3/t41-,42-,47?,48?,51-,52?/m0/s1. The zero-order chi connectivity index (χ0) is 53.5. The third-order valence-corrected chi connectivity index (χ3v) is 14.3. The first-order chi connectivity index (χ1) is 35.7. The number of carbonyl (C=O) groups is 4. The summed E-state index contributed by atoms with van der Waals surface area (Å²) in [7, 11) is 2.99. The molecule has 0 aliphatic carbocycles. The summed E-state index contributed by atoms with van der Waals surface area (Å²) < 4.78 is 63.3. The molecule has 4 saturated heterocycles. The van der Waals surface area contributed by atoms with Gasteiger partial charge in [-0.15, -0.1) is 0 Å². The number of anilines is 2. The van der Waals surface area contributed by atoms with Crippen LogP contribution in [0, 0.1) is 3.57 Å². The van der Waals surface area contributed by atoms with Gasteiger partial charge in [0.1, 0.15) is 24.4 Å². The van der Waals surface area contributed by atoms with Crippen molar-refractivity contribution >= 4 is 58.0 Å². The van der Waals surface area contributed by atoms with Crippen LogP contribution in [0.3, 0.4) is 0 Å². The van der Waals surface area contributed by atoms with Crippen LogP contribution in [0.4, 0.5) is 21.0 Å². The Kier molecular flexibility index (Phi) is 16.0. The first-order valence-electron chi connectivity index (χ1n) is 25.7. The molecule has 6 heterocycles. The van der Waals surface area contributed by atoms with Crippen molar-refractivity contribution in [2.24, 2.45) is 0 Å². The molecule has 6 aliphatic heterocycles. The number of halogens is 1. The molecule has 6 aliphatic rings. The van der Waals surface area contributed by atoms with E-state index in [1.54, 1.807) is 75.6 Å². The predicted octanol–water partition coefficient (Wildman–Crippen LogP) is 10.3. The lowest BCUT2D eigenvalue weighted by atomic mass is 10.1. The maximum atomic E-state index is 14.6. The van der Waals surface area contributed by atoms with Gasteiger partial charge in [-0.1, -0.05) is 24.3 Å². The van der Waals surface area contributed by atoms with Crippen molar-refractivity contribution < 1.29 is 66.5 Å². The van der Waals surface area contributed by atoms with Crippen molar-refractivity contribution in [1.29, 1.82) is 0 Å². The van der Waals surface area contributed by atoms with Gasteiger partial charge in [0.25, 0.3) is 11.8 Å². The number of nitrogens with zero attached hydrogens (tertiary/aromatic N) is 4. The van der Waals surface area contributed by atoms with Crippen molar-refractivity contribution in [3.05, 3.63) is 92.6 Å². The fourth-order valence-corrected chi connectivity index (χ4v) is 11.2. The Balaban J connectivity index is 1.02. The molecule has 75 heavy (non-hydrogen) atoms. The molecule has 19 heteroatoms. The Morgan fingerprint density at radius 1 is 0.613 bits per heavy atom. The smallest absolute Gasteiger partial charge is 0.417 e. The molecule has 0 radical (unpaired) electrons. The van der Waals surface area contributed by atoms with Crippen molar-refractivity contribution in [3.63, 3.8) is 0 Å². The van der Waals surface area contributed by atoms with E-state index in [0.717, 1.165) is 51.5 Å². The fourth-order valence-electron chi connectivity index (χ4n) is 10.4. The summed E-state index contributed by atoms with van der Waals surface area (Å²) in [5.41, 5.74) is 2.38. The lowest BCUT2D eigenvalue weighted by Gasteiger charge is -2.39. The largest absolute Gasteiger partial charge is 0.493 e. The Hall–Kier alpha value is -5.61. The Morgan fingerprint density at radius 2 is 1.03 bits per heavy atom. The van der Waals surface area contributed by atoms with Gasteiger partial charge in [0.2, 0.25) is 0 Å². The quantitative estimate of drug-likeness (QED) is 0.124. The molecular weight excluding hydrogens is 1080 g/mol. The molecule has 0 aromatic heterocycles. The van der Waals surface area contributed by atoms with Gasteiger partial charge < -0.3 is 57.2 Å². The molecule has 4 amide bonds. The molecule has 0 saturated carbocycles. The van der Waals surface area contributed by atoms with E-state index < -0.39 is 60.5 Å². The van der Waals surface area contributed by atoms with Gasteiger partial charge in [-0.25, -0.2) is 19.4 Å². The molecule has 404 valence electrons. The second-order valence-electron chi connectivity index (χ2n) is 21.8. The summed E-state index contributed by atoms with van der Waals surface area (Å²) in [6, 6.07) is 11.2. The summed E-state index contributed by atoms with van der Waals surface area (Å²) in [4.78, 5) is 64.4. The van der Waals surface area contributed by atoms with Crippen LogP contribution in [-0.4, -0.2) is 123 Å². The summed E-state index contributed by atoms with van der Waals surface area (Å²) in [5, 5.41) is 0. The zero-order valence-electron chi connectivity index (χ0n) is 44.2. The molecule has 3 aromatic rings. The minimum absolute atomic E-state index is 0.0507. The number of methoxy groups -OCH3 is 2. The second kappa shape index (κ2) is 22.2. The van der Waals surface area contributed by atoms with Crippen LogP contribution in [0.25, 0.3) is 0 Å². The Bertz CT molecular complexity index is 2530. The van der Waals surface area contributed by atoms with E-state index in [1.807, 2.05) is 18.2 Å². The Morgan fingerprint density at radius 3 is 1.39 bits per heavy atom. The average Bonchev–Trinajstić information content (AvgIpc) is 3.93. The van der Waals surface area contributed by atoms with E-state index in [2.05, 4.69) is 35.7 Å². The molecule has 0 bridgehead atoms. The van der Waals surface area contributed by atoms with Gasteiger partial charge in [0, 0.05) is 42.0 Å². The molecule has 4 fully saturated rings. The molecule has 6 atom stereocenters. The van der Waals surface area contributed by atoms with E-state index in [4.69, 9.17) is 47.4 Å². The molecule has 9 rings (SSSR count). The number of ether oxygens (including phenoxy) is 10. The van der Waals surface area contributed by atoms with E-state index in [-0.39, 0.29) is 70.5 Å². The van der Waals surface area contributed by atoms with Crippen molar-refractivity contribution in [2.45, 2.75) is 154 Å². The highest BCUT2D eigenvalue weighted by atomic mass is 127. The van der Waals surface area contributed by atoms with Crippen LogP contribution < -0.4 is 28.7 Å². The van der Waals surface area contributed by atoms with Gasteiger partial charge in [-0.05, 0) is 157 Å². The fraction of sp³-hybridized carbons (Fsp3) is 0.536. The first kappa shape index (κ1) is 54.2. The molecule has 3 aromatic carbocycles. The average molecular weight is 1150 g/mol. The van der Waals surface area contributed by atoms with E-state index >= 15 is 0 Å². The number of amides is 4. The molecule has 0 N–H and O–H groups in total. The van der Waals surface area contributed by atoms with Gasteiger partial charge in [0.15, 0.2) is 48.0 Å². The lowest BCUT2D eigenvalue weighted by molar-refractivity contribution is -0.196. The van der Waals surface area contributed by atoms with Crippen LogP contribution in [0.5, 0.6) is 23.0 Å². The van der Waals surface area contributed by atoms with Gasteiger partial charge in [-0.2, -0.15) is 0 Å². The molecule has 18 nitrogen and oxygen atoms in total. The van der Waals surface area contributed by atoms with Crippen LogP contribution in [0.15, 0.2) is 66.8 Å². The normalized spacial score (nSPS) is 23.9. The third-order valence-electron chi connectivity index (χ3n) is 13.7. The van der Waals surface area contributed by atoms with E-state index in [0.29, 0.717) is 52.0 Å². The van der Waals surface area contributed by atoms with Gasteiger partial charge in [-0.3, -0.25) is 9.59 Å². The van der Waals surface area contributed by atoms with Crippen LogP contribution in [-0.2, 0) is 41.6 Å². The number of rotatable bonds is 12. The molecule has 0 spiro atoms. The number of carbonyl (C=O) groups excluding carboxylic acids is 4. The van der Waals surface area contributed by atoms with Gasteiger partial charge >= 0.3 is 12.2 Å². The summed E-state index contributed by atoms with van der Waals surface area (Å²) in [6.45, 7) is 20.9. The number of hydrogen-bond acceptors (Lipinski definition) is 14. The Labute approximate surface area is 452 Å². The van der Waals surface area contributed by atoms with Gasteiger partial charge in [0.05, 0.1) is 48.8 Å². The third kappa shape index (κ3) is 12.0. The second-order valence-corrected chi connectivity index (χ2v) is 23.1. The zero-order valence-corrected chi connectivity index (χ0v) is 46.4. The van der Waals surface area contributed by atoms with E-state index in [9.17, 15) is 19.2 Å². The summed E-state index contributed by atoms with van der Waals surface area (Å²) in [6.07, 6.45) is 1.13. The minimum atomic E-state index is -0.977. The molecular formula is C56H69IN4O14. The van der Waals surface area contributed by atoms with Crippen molar-refractivity contribution in [3.8, 4) is 23.0 Å². The molecule has 3 unspecified atom stereocenters. The predicted molar refractivity (Wildman–Crippen MR) is 285 cm³/mol.